The number of amides is 1. The molecule has 2 aliphatic heterocycles. The van der Waals surface area contributed by atoms with Crippen molar-refractivity contribution in [3.8, 4) is 0 Å². The van der Waals surface area contributed by atoms with Crippen LogP contribution >= 0.6 is 11.3 Å². The molecule has 6 nitrogen and oxygen atoms in total. The number of fused-ring (bicyclic) bond motifs is 5. The molecule has 0 saturated carbocycles. The van der Waals surface area contributed by atoms with Crippen LogP contribution in [-0.2, 0) is 17.6 Å². The molecule has 0 spiro atoms. The van der Waals surface area contributed by atoms with Crippen molar-refractivity contribution in [2.75, 3.05) is 19.4 Å². The first-order valence-electron chi connectivity index (χ1n) is 9.51. The van der Waals surface area contributed by atoms with Gasteiger partial charge in [0.05, 0.1) is 23.5 Å². The van der Waals surface area contributed by atoms with Crippen LogP contribution in [0, 0.1) is 0 Å². The number of carbonyl (C=O) groups is 1. The fourth-order valence-electron chi connectivity index (χ4n) is 5.20. The maximum absolute atomic E-state index is 12.1. The smallest absolute Gasteiger partial charge is 0.220 e. The Bertz CT molecular complexity index is 864. The summed E-state index contributed by atoms with van der Waals surface area (Å²) in [6.07, 6.45) is 7.27. The lowest BCUT2D eigenvalue weighted by molar-refractivity contribution is -0.152. The zero-order valence-electron chi connectivity index (χ0n) is 15.5. The molecule has 26 heavy (non-hydrogen) atoms. The van der Waals surface area contributed by atoms with Gasteiger partial charge >= 0.3 is 0 Å². The quantitative estimate of drug-likeness (QED) is 0.897. The van der Waals surface area contributed by atoms with Gasteiger partial charge in [-0.25, -0.2) is 9.97 Å². The molecule has 1 amide bonds. The van der Waals surface area contributed by atoms with Crippen LogP contribution in [0.3, 0.4) is 0 Å². The molecule has 1 unspecified atom stereocenters. The van der Waals surface area contributed by atoms with Gasteiger partial charge in [0.1, 0.15) is 17.0 Å². The van der Waals surface area contributed by atoms with Crippen LogP contribution in [0.5, 0.6) is 0 Å². The molecule has 2 aromatic heterocycles. The first-order chi connectivity index (χ1) is 12.5. The zero-order valence-corrected chi connectivity index (χ0v) is 16.3. The SMILES string of the molecule is CC(=O)N1[C@@H]2C[C@@H](N(C)C)C[C@H]1C2Nc1ncnc2sc3c(c12)CCC3. The first kappa shape index (κ1) is 16.4. The number of anilines is 1. The molecule has 2 bridgehead atoms. The van der Waals surface area contributed by atoms with Gasteiger partial charge in [0, 0.05) is 17.8 Å². The lowest BCUT2D eigenvalue weighted by atomic mass is 9.72. The highest BCUT2D eigenvalue weighted by Gasteiger charge is 2.55. The average molecular weight is 372 g/mol. The second kappa shape index (κ2) is 5.89. The fraction of sp³-hybridized carbons (Fsp3) is 0.632. The summed E-state index contributed by atoms with van der Waals surface area (Å²) in [7, 11) is 4.27. The minimum Gasteiger partial charge on any atom is -0.363 e. The molecule has 2 fully saturated rings. The second-order valence-electron chi connectivity index (χ2n) is 8.08. The van der Waals surface area contributed by atoms with E-state index < -0.39 is 0 Å². The molecule has 138 valence electrons. The standard InChI is InChI=1S/C19H25N5OS/c1-10(25)24-13-7-11(23(2)3)8-14(24)17(13)22-18-16-12-5-4-6-15(12)26-19(16)21-9-20-18/h9,11,13-14,17H,4-8H2,1-3H3,(H,20,21,22)/t11-,13-,14+,17?. The molecule has 2 aromatic rings. The van der Waals surface area contributed by atoms with Crippen LogP contribution in [0.4, 0.5) is 5.82 Å². The Morgan fingerprint density at radius 3 is 2.73 bits per heavy atom. The molecule has 4 heterocycles. The van der Waals surface area contributed by atoms with Crippen molar-refractivity contribution in [3.63, 3.8) is 0 Å². The number of hydrogen-bond donors (Lipinski definition) is 1. The molecule has 1 aliphatic carbocycles. The molecular weight excluding hydrogens is 346 g/mol. The lowest BCUT2D eigenvalue weighted by Crippen LogP contribution is -2.76. The summed E-state index contributed by atoms with van der Waals surface area (Å²) in [6.45, 7) is 1.70. The predicted octanol–water partition coefficient (Wildman–Crippen LogP) is 2.28. The summed E-state index contributed by atoms with van der Waals surface area (Å²) < 4.78 is 0. The van der Waals surface area contributed by atoms with Crippen LogP contribution in [0.15, 0.2) is 6.33 Å². The number of rotatable bonds is 3. The van der Waals surface area contributed by atoms with Crippen molar-refractivity contribution in [3.05, 3.63) is 16.8 Å². The Hall–Kier alpha value is -1.73. The Morgan fingerprint density at radius 2 is 2.04 bits per heavy atom. The summed E-state index contributed by atoms with van der Waals surface area (Å²) in [5, 5.41) is 4.96. The molecule has 4 atom stereocenters. The van der Waals surface area contributed by atoms with Crippen molar-refractivity contribution < 1.29 is 4.79 Å². The van der Waals surface area contributed by atoms with E-state index in [-0.39, 0.29) is 18.0 Å². The van der Waals surface area contributed by atoms with Gasteiger partial charge in [0.25, 0.3) is 0 Å². The van der Waals surface area contributed by atoms with Crippen LogP contribution in [0.2, 0.25) is 0 Å². The minimum atomic E-state index is 0.194. The van der Waals surface area contributed by atoms with Gasteiger partial charge < -0.3 is 15.1 Å². The Labute approximate surface area is 157 Å². The summed E-state index contributed by atoms with van der Waals surface area (Å²) in [4.78, 5) is 28.2. The maximum atomic E-state index is 12.1. The fourth-order valence-corrected chi connectivity index (χ4v) is 6.43. The van der Waals surface area contributed by atoms with Crippen molar-refractivity contribution in [2.45, 2.75) is 63.2 Å². The number of piperidine rings is 1. The van der Waals surface area contributed by atoms with Crippen molar-refractivity contribution in [2.24, 2.45) is 0 Å². The van der Waals surface area contributed by atoms with Gasteiger partial charge in [-0.3, -0.25) is 4.79 Å². The monoisotopic (exact) mass is 371 g/mol. The largest absolute Gasteiger partial charge is 0.363 e. The summed E-state index contributed by atoms with van der Waals surface area (Å²) in [5.41, 5.74) is 1.45. The number of nitrogens with zero attached hydrogens (tertiary/aromatic N) is 4. The van der Waals surface area contributed by atoms with Crippen molar-refractivity contribution >= 4 is 33.3 Å². The highest BCUT2D eigenvalue weighted by molar-refractivity contribution is 7.19. The number of aryl methyl sites for hydroxylation is 2. The molecule has 2 saturated heterocycles. The van der Waals surface area contributed by atoms with E-state index in [0.717, 1.165) is 29.9 Å². The van der Waals surface area contributed by atoms with E-state index >= 15 is 0 Å². The van der Waals surface area contributed by atoms with Gasteiger partial charge in [0.15, 0.2) is 0 Å². The van der Waals surface area contributed by atoms with E-state index in [4.69, 9.17) is 0 Å². The Balaban J connectivity index is 1.46. The maximum Gasteiger partial charge on any atom is 0.220 e. The number of hydrogen-bond acceptors (Lipinski definition) is 6. The van der Waals surface area contributed by atoms with Crippen LogP contribution in [-0.4, -0.2) is 63.9 Å². The molecule has 0 aromatic carbocycles. The summed E-state index contributed by atoms with van der Waals surface area (Å²) in [5.74, 6) is 1.17. The molecule has 5 rings (SSSR count). The van der Waals surface area contributed by atoms with Crippen LogP contribution < -0.4 is 5.32 Å². The third-order valence-corrected chi connectivity index (χ3v) is 7.67. The number of nitrogens with one attached hydrogen (secondary N) is 1. The van der Waals surface area contributed by atoms with Gasteiger partial charge in [-0.2, -0.15) is 0 Å². The lowest BCUT2D eigenvalue weighted by Gasteiger charge is -2.61. The minimum absolute atomic E-state index is 0.194. The highest BCUT2D eigenvalue weighted by Crippen LogP contribution is 2.44. The van der Waals surface area contributed by atoms with E-state index in [1.54, 1.807) is 13.3 Å². The van der Waals surface area contributed by atoms with E-state index in [1.165, 1.54) is 28.7 Å². The summed E-state index contributed by atoms with van der Waals surface area (Å²) >= 11 is 1.82. The van der Waals surface area contributed by atoms with E-state index in [0.29, 0.717) is 12.1 Å². The summed E-state index contributed by atoms with van der Waals surface area (Å²) in [6, 6.07) is 1.37. The van der Waals surface area contributed by atoms with Crippen LogP contribution in [0.25, 0.3) is 10.2 Å². The van der Waals surface area contributed by atoms with E-state index in [9.17, 15) is 4.79 Å². The molecule has 3 aliphatic rings. The molecule has 1 N–H and O–H groups in total. The van der Waals surface area contributed by atoms with E-state index in [2.05, 4.69) is 39.2 Å². The average Bonchev–Trinajstić information content (AvgIpc) is 3.19. The van der Waals surface area contributed by atoms with Crippen molar-refractivity contribution in [1.82, 2.24) is 19.8 Å². The van der Waals surface area contributed by atoms with Gasteiger partial charge in [-0.1, -0.05) is 0 Å². The topological polar surface area (TPSA) is 61.4 Å². The van der Waals surface area contributed by atoms with Crippen LogP contribution in [0.1, 0.15) is 36.6 Å². The number of carbonyl (C=O) groups excluding carboxylic acids is 1. The van der Waals surface area contributed by atoms with E-state index in [1.807, 2.05) is 11.3 Å². The predicted molar refractivity (Wildman–Crippen MR) is 104 cm³/mol. The van der Waals surface area contributed by atoms with Gasteiger partial charge in [0.2, 0.25) is 5.91 Å². The Morgan fingerprint density at radius 1 is 1.27 bits per heavy atom. The first-order valence-corrected chi connectivity index (χ1v) is 10.3. The number of aromatic nitrogens is 2. The third kappa shape index (κ3) is 2.29. The highest BCUT2D eigenvalue weighted by atomic mass is 32.1. The Kier molecular flexibility index (Phi) is 3.72. The van der Waals surface area contributed by atoms with Crippen molar-refractivity contribution in [1.29, 1.82) is 0 Å². The number of thiophene rings is 1. The third-order valence-electron chi connectivity index (χ3n) is 6.47. The second-order valence-corrected chi connectivity index (χ2v) is 9.16. The van der Waals surface area contributed by atoms with Gasteiger partial charge in [-0.05, 0) is 51.8 Å². The molecule has 0 radical (unpaired) electrons. The zero-order chi connectivity index (χ0) is 18.0. The normalized spacial score (nSPS) is 29.8. The van der Waals surface area contributed by atoms with Gasteiger partial charge in [-0.15, -0.1) is 11.3 Å². The molecule has 7 heteroatoms. The molecular formula is C19H25N5OS.